The predicted octanol–water partition coefficient (Wildman–Crippen LogP) is 0.484. The lowest BCUT2D eigenvalue weighted by atomic mass is 10.2. The van der Waals surface area contributed by atoms with Crippen molar-refractivity contribution in [3.8, 4) is 0 Å². The Morgan fingerprint density at radius 3 is 2.87 bits per heavy atom. The number of nitrogens with zero attached hydrogens (tertiary/aromatic N) is 2. The number of rotatable bonds is 5. The fourth-order valence-corrected chi connectivity index (χ4v) is 3.55. The van der Waals surface area contributed by atoms with E-state index in [0.717, 1.165) is 24.4 Å². The number of sulfonamides is 1. The molecule has 0 radical (unpaired) electrons. The second kappa shape index (κ2) is 7.58. The summed E-state index contributed by atoms with van der Waals surface area (Å²) in [4.78, 5) is 8.46. The number of benzene rings is 1. The van der Waals surface area contributed by atoms with Gasteiger partial charge >= 0.3 is 0 Å². The molecule has 3 N–H and O–H groups in total. The standard InChI is InChI=1S/C14H17N5O2S.ClH/c20-22(21,19-9-8-18-14-16-6-7-17-14)13-3-1-2-11-10-15-5-4-12(11)13;/h1-5,10,19H,6-9H2,(H2,16,17,18);1H. The molecule has 1 aliphatic heterocycles. The van der Waals surface area contributed by atoms with Gasteiger partial charge in [-0.2, -0.15) is 0 Å². The number of aliphatic imine (C=N–C) groups is 1. The topological polar surface area (TPSA) is 95.5 Å². The summed E-state index contributed by atoms with van der Waals surface area (Å²) in [7, 11) is -3.56. The average Bonchev–Trinajstić information content (AvgIpc) is 3.04. The Bertz CT molecular complexity index is 804. The zero-order valence-corrected chi connectivity index (χ0v) is 14.0. The van der Waals surface area contributed by atoms with E-state index in [2.05, 4.69) is 25.3 Å². The van der Waals surface area contributed by atoms with Crippen molar-refractivity contribution in [1.29, 1.82) is 0 Å². The van der Waals surface area contributed by atoms with Gasteiger partial charge in [-0.25, -0.2) is 13.1 Å². The normalized spacial score (nSPS) is 14.0. The predicted molar refractivity (Wildman–Crippen MR) is 92.5 cm³/mol. The SMILES string of the molecule is Cl.O=S(=O)(NCCNC1=NCCN1)c1cccc2cnccc12. The highest BCUT2D eigenvalue weighted by Gasteiger charge is 2.16. The van der Waals surface area contributed by atoms with Crippen LogP contribution in [0.4, 0.5) is 0 Å². The molecule has 2 aromatic rings. The summed E-state index contributed by atoms with van der Waals surface area (Å²) in [6.07, 6.45) is 3.24. The maximum absolute atomic E-state index is 12.4. The zero-order valence-electron chi connectivity index (χ0n) is 12.3. The minimum Gasteiger partial charge on any atom is -0.355 e. The first kappa shape index (κ1) is 17.5. The van der Waals surface area contributed by atoms with Gasteiger partial charge in [-0.3, -0.25) is 9.98 Å². The molecule has 0 atom stereocenters. The van der Waals surface area contributed by atoms with E-state index in [9.17, 15) is 8.42 Å². The van der Waals surface area contributed by atoms with E-state index in [4.69, 9.17) is 0 Å². The molecule has 0 amide bonds. The molecule has 0 spiro atoms. The zero-order chi connectivity index (χ0) is 15.4. The van der Waals surface area contributed by atoms with Crippen molar-refractivity contribution in [3.05, 3.63) is 36.7 Å². The van der Waals surface area contributed by atoms with Crippen molar-refractivity contribution in [3.63, 3.8) is 0 Å². The van der Waals surface area contributed by atoms with Crippen molar-refractivity contribution in [1.82, 2.24) is 20.3 Å². The molecule has 0 saturated heterocycles. The van der Waals surface area contributed by atoms with Gasteiger partial charge < -0.3 is 10.6 Å². The molecule has 0 bridgehead atoms. The van der Waals surface area contributed by atoms with Gasteiger partial charge in [0.2, 0.25) is 10.0 Å². The second-order valence-corrected chi connectivity index (χ2v) is 6.57. The van der Waals surface area contributed by atoms with Crippen molar-refractivity contribution in [2.45, 2.75) is 4.90 Å². The van der Waals surface area contributed by atoms with Crippen molar-refractivity contribution < 1.29 is 8.42 Å². The van der Waals surface area contributed by atoms with Crippen molar-refractivity contribution in [2.24, 2.45) is 4.99 Å². The molecular weight excluding hydrogens is 338 g/mol. The molecule has 9 heteroatoms. The lowest BCUT2D eigenvalue weighted by Gasteiger charge is -2.10. The fourth-order valence-electron chi connectivity index (χ4n) is 2.29. The van der Waals surface area contributed by atoms with Crippen LogP contribution in [0.25, 0.3) is 10.8 Å². The maximum Gasteiger partial charge on any atom is 0.241 e. The molecule has 0 aliphatic carbocycles. The molecule has 0 saturated carbocycles. The first-order chi connectivity index (χ1) is 10.7. The second-order valence-electron chi connectivity index (χ2n) is 4.83. The molecule has 1 aromatic carbocycles. The van der Waals surface area contributed by atoms with Crippen LogP contribution in [0.5, 0.6) is 0 Å². The number of hydrogen-bond donors (Lipinski definition) is 3. The van der Waals surface area contributed by atoms with Crippen LogP contribution in [0.1, 0.15) is 0 Å². The van der Waals surface area contributed by atoms with E-state index in [-0.39, 0.29) is 23.8 Å². The highest BCUT2D eigenvalue weighted by Crippen LogP contribution is 2.21. The van der Waals surface area contributed by atoms with Crippen molar-refractivity contribution >= 4 is 39.2 Å². The number of hydrogen-bond acceptors (Lipinski definition) is 6. The summed E-state index contributed by atoms with van der Waals surface area (Å²) in [6, 6.07) is 6.86. The monoisotopic (exact) mass is 355 g/mol. The Morgan fingerprint density at radius 2 is 2.09 bits per heavy atom. The van der Waals surface area contributed by atoms with Gasteiger partial charge in [0.05, 0.1) is 11.4 Å². The number of fused-ring (bicyclic) bond motifs is 1. The summed E-state index contributed by atoms with van der Waals surface area (Å²) in [6.45, 7) is 2.32. The number of guanidine groups is 1. The lowest BCUT2D eigenvalue weighted by Crippen LogP contribution is -2.39. The number of halogens is 1. The number of pyridine rings is 1. The third kappa shape index (κ3) is 4.10. The molecule has 0 fully saturated rings. The smallest absolute Gasteiger partial charge is 0.241 e. The quantitative estimate of drug-likeness (QED) is 0.678. The Labute approximate surface area is 141 Å². The van der Waals surface area contributed by atoms with E-state index in [0.29, 0.717) is 11.9 Å². The minimum atomic E-state index is -3.56. The van der Waals surface area contributed by atoms with E-state index in [1.807, 2.05) is 6.07 Å². The van der Waals surface area contributed by atoms with Gasteiger partial charge in [0, 0.05) is 42.8 Å². The van der Waals surface area contributed by atoms with Gasteiger partial charge in [-0.05, 0) is 12.1 Å². The van der Waals surface area contributed by atoms with Crippen LogP contribution in [-0.2, 0) is 10.0 Å². The van der Waals surface area contributed by atoms with Crippen LogP contribution in [0.15, 0.2) is 46.5 Å². The first-order valence-corrected chi connectivity index (χ1v) is 8.50. The fraction of sp³-hybridized carbons (Fsp3) is 0.286. The molecule has 124 valence electrons. The van der Waals surface area contributed by atoms with Crippen LogP contribution in [0, 0.1) is 0 Å². The molecule has 23 heavy (non-hydrogen) atoms. The molecule has 7 nitrogen and oxygen atoms in total. The average molecular weight is 356 g/mol. The molecule has 1 aromatic heterocycles. The Kier molecular flexibility index (Phi) is 5.75. The maximum atomic E-state index is 12.4. The Balaban J connectivity index is 0.00000192. The van der Waals surface area contributed by atoms with Gasteiger partial charge in [0.1, 0.15) is 0 Å². The summed E-state index contributed by atoms with van der Waals surface area (Å²) in [5.74, 6) is 0.718. The third-order valence-corrected chi connectivity index (χ3v) is 4.83. The minimum absolute atomic E-state index is 0. The van der Waals surface area contributed by atoms with Gasteiger partial charge in [0.15, 0.2) is 5.96 Å². The van der Waals surface area contributed by atoms with Crippen LogP contribution in [0.3, 0.4) is 0 Å². The van der Waals surface area contributed by atoms with E-state index in [1.165, 1.54) is 0 Å². The molecular formula is C14H18ClN5O2S. The Hall–Kier alpha value is -1.90. The summed E-state index contributed by atoms with van der Waals surface area (Å²) < 4.78 is 27.5. The van der Waals surface area contributed by atoms with Crippen LogP contribution < -0.4 is 15.4 Å². The van der Waals surface area contributed by atoms with E-state index in [1.54, 1.807) is 30.6 Å². The van der Waals surface area contributed by atoms with Gasteiger partial charge in [-0.1, -0.05) is 12.1 Å². The molecule has 3 rings (SSSR count). The van der Waals surface area contributed by atoms with E-state index < -0.39 is 10.0 Å². The molecule has 1 aliphatic rings. The van der Waals surface area contributed by atoms with Crippen LogP contribution in [-0.4, -0.2) is 45.5 Å². The van der Waals surface area contributed by atoms with Crippen LogP contribution >= 0.6 is 12.4 Å². The highest BCUT2D eigenvalue weighted by molar-refractivity contribution is 7.89. The third-order valence-electron chi connectivity index (χ3n) is 3.31. The highest BCUT2D eigenvalue weighted by atomic mass is 35.5. The number of aromatic nitrogens is 1. The molecule has 0 unspecified atom stereocenters. The first-order valence-electron chi connectivity index (χ1n) is 7.01. The summed E-state index contributed by atoms with van der Waals surface area (Å²) >= 11 is 0. The lowest BCUT2D eigenvalue weighted by molar-refractivity contribution is 0.581. The number of nitrogens with one attached hydrogen (secondary N) is 3. The summed E-state index contributed by atoms with van der Waals surface area (Å²) in [5, 5.41) is 7.58. The summed E-state index contributed by atoms with van der Waals surface area (Å²) in [5.41, 5.74) is 0. The van der Waals surface area contributed by atoms with Crippen molar-refractivity contribution in [2.75, 3.05) is 26.2 Å². The Morgan fingerprint density at radius 1 is 1.22 bits per heavy atom. The van der Waals surface area contributed by atoms with Gasteiger partial charge in [-0.15, -0.1) is 12.4 Å². The molecule has 2 heterocycles. The van der Waals surface area contributed by atoms with Crippen LogP contribution in [0.2, 0.25) is 0 Å². The van der Waals surface area contributed by atoms with E-state index >= 15 is 0 Å². The van der Waals surface area contributed by atoms with Gasteiger partial charge in [0.25, 0.3) is 0 Å². The largest absolute Gasteiger partial charge is 0.355 e.